The van der Waals surface area contributed by atoms with Crippen LogP contribution >= 0.6 is 0 Å². The number of ether oxygens (including phenoxy) is 1. The summed E-state index contributed by atoms with van der Waals surface area (Å²) in [6, 6.07) is 6.51. The monoisotopic (exact) mass is 432 g/mol. The van der Waals surface area contributed by atoms with E-state index < -0.39 is 10.0 Å². The summed E-state index contributed by atoms with van der Waals surface area (Å²) in [5, 5.41) is 2.94. The summed E-state index contributed by atoms with van der Waals surface area (Å²) < 4.78 is 33.1. The maximum Gasteiger partial charge on any atom is 0.308 e. The van der Waals surface area contributed by atoms with Gasteiger partial charge >= 0.3 is 5.97 Å². The second kappa shape index (κ2) is 9.18. The van der Waals surface area contributed by atoms with Gasteiger partial charge in [0, 0.05) is 39.6 Å². The number of aromatic nitrogens is 4. The van der Waals surface area contributed by atoms with Gasteiger partial charge in [0.2, 0.25) is 16.0 Å². The fraction of sp³-hybridized carbons (Fsp3) is 0.368. The first-order chi connectivity index (χ1) is 14.3. The van der Waals surface area contributed by atoms with E-state index in [2.05, 4.69) is 20.3 Å². The SMILES string of the molecule is CCn1c(COC(=O)CCNc2ncccn2)nc2cc(S(=O)(=O)N(C)C)ccc21. The molecule has 0 aliphatic heterocycles. The van der Waals surface area contributed by atoms with Crippen LogP contribution in [0.4, 0.5) is 5.95 Å². The zero-order chi connectivity index (χ0) is 21.7. The number of sulfonamides is 1. The van der Waals surface area contributed by atoms with Crippen molar-refractivity contribution < 1.29 is 17.9 Å². The first-order valence-corrected chi connectivity index (χ1v) is 10.8. The Bertz CT molecular complexity index is 1130. The number of carbonyl (C=O) groups excluding carboxylic acids is 1. The predicted molar refractivity (Wildman–Crippen MR) is 111 cm³/mol. The molecule has 0 amide bonds. The van der Waals surface area contributed by atoms with Crippen LogP contribution in [0.2, 0.25) is 0 Å². The van der Waals surface area contributed by atoms with E-state index in [4.69, 9.17) is 4.74 Å². The zero-order valence-electron chi connectivity index (χ0n) is 17.1. The van der Waals surface area contributed by atoms with Crippen molar-refractivity contribution in [2.75, 3.05) is 26.0 Å². The van der Waals surface area contributed by atoms with E-state index in [0.29, 0.717) is 30.4 Å². The van der Waals surface area contributed by atoms with E-state index in [1.807, 2.05) is 11.5 Å². The zero-order valence-corrected chi connectivity index (χ0v) is 17.9. The molecule has 0 unspecified atom stereocenters. The van der Waals surface area contributed by atoms with E-state index >= 15 is 0 Å². The Labute approximate surface area is 175 Å². The lowest BCUT2D eigenvalue weighted by molar-refractivity contribution is -0.144. The van der Waals surface area contributed by atoms with Gasteiger partial charge in [0.15, 0.2) is 0 Å². The summed E-state index contributed by atoms with van der Waals surface area (Å²) in [7, 11) is -0.596. The van der Waals surface area contributed by atoms with E-state index in [0.717, 1.165) is 9.82 Å². The molecule has 0 bridgehead atoms. The highest BCUT2D eigenvalue weighted by molar-refractivity contribution is 7.89. The molecule has 0 aliphatic rings. The number of carbonyl (C=O) groups is 1. The van der Waals surface area contributed by atoms with Gasteiger partial charge in [0.1, 0.15) is 12.4 Å². The smallest absolute Gasteiger partial charge is 0.308 e. The molecule has 0 saturated carbocycles. The van der Waals surface area contributed by atoms with Gasteiger partial charge < -0.3 is 14.6 Å². The number of anilines is 1. The Morgan fingerprint density at radius 3 is 2.63 bits per heavy atom. The minimum Gasteiger partial charge on any atom is -0.457 e. The molecule has 0 spiro atoms. The molecule has 30 heavy (non-hydrogen) atoms. The molecule has 0 aliphatic carbocycles. The summed E-state index contributed by atoms with van der Waals surface area (Å²) in [6.07, 6.45) is 3.37. The molecule has 2 heterocycles. The summed E-state index contributed by atoms with van der Waals surface area (Å²) in [5.41, 5.74) is 1.32. The second-order valence-corrected chi connectivity index (χ2v) is 8.77. The third kappa shape index (κ3) is 4.74. The number of nitrogens with one attached hydrogen (secondary N) is 1. The van der Waals surface area contributed by atoms with Crippen LogP contribution < -0.4 is 5.32 Å². The maximum absolute atomic E-state index is 12.4. The van der Waals surface area contributed by atoms with Crippen LogP contribution in [0.3, 0.4) is 0 Å². The van der Waals surface area contributed by atoms with Gasteiger partial charge in [-0.3, -0.25) is 4.79 Å². The molecule has 2 aromatic heterocycles. The second-order valence-electron chi connectivity index (χ2n) is 6.62. The Morgan fingerprint density at radius 1 is 1.23 bits per heavy atom. The average Bonchev–Trinajstić information content (AvgIpc) is 3.09. The van der Waals surface area contributed by atoms with Crippen molar-refractivity contribution in [1.82, 2.24) is 23.8 Å². The number of imidazole rings is 1. The number of hydrogen-bond acceptors (Lipinski definition) is 8. The molecule has 0 fully saturated rings. The van der Waals surface area contributed by atoms with Crippen LogP contribution in [0, 0.1) is 0 Å². The van der Waals surface area contributed by atoms with Crippen molar-refractivity contribution >= 4 is 33.0 Å². The van der Waals surface area contributed by atoms with Gasteiger partial charge in [0.25, 0.3) is 0 Å². The van der Waals surface area contributed by atoms with E-state index in [1.165, 1.54) is 20.2 Å². The summed E-state index contributed by atoms with van der Waals surface area (Å²) in [6.45, 7) is 2.90. The van der Waals surface area contributed by atoms with Crippen molar-refractivity contribution in [2.24, 2.45) is 0 Å². The highest BCUT2D eigenvalue weighted by Crippen LogP contribution is 2.22. The van der Waals surface area contributed by atoms with Crippen LogP contribution in [0.25, 0.3) is 11.0 Å². The highest BCUT2D eigenvalue weighted by atomic mass is 32.2. The van der Waals surface area contributed by atoms with Gasteiger partial charge in [-0.1, -0.05) is 0 Å². The van der Waals surface area contributed by atoms with Crippen molar-refractivity contribution in [1.29, 1.82) is 0 Å². The molecule has 160 valence electrons. The molecule has 0 saturated heterocycles. The molecular formula is C19H24N6O4S. The third-order valence-corrected chi connectivity index (χ3v) is 6.24. The number of aryl methyl sites for hydroxylation is 1. The molecular weight excluding hydrogens is 408 g/mol. The maximum atomic E-state index is 12.4. The molecule has 10 nitrogen and oxygen atoms in total. The topological polar surface area (TPSA) is 119 Å². The Morgan fingerprint density at radius 2 is 1.97 bits per heavy atom. The highest BCUT2D eigenvalue weighted by Gasteiger charge is 2.20. The van der Waals surface area contributed by atoms with Crippen LogP contribution in [-0.4, -0.2) is 58.9 Å². The van der Waals surface area contributed by atoms with Gasteiger partial charge in [-0.25, -0.2) is 27.7 Å². The number of rotatable bonds is 9. The number of fused-ring (bicyclic) bond motifs is 1. The lowest BCUT2D eigenvalue weighted by Crippen LogP contribution is -2.22. The van der Waals surface area contributed by atoms with Crippen molar-refractivity contribution in [3.8, 4) is 0 Å². The van der Waals surface area contributed by atoms with Crippen molar-refractivity contribution in [3.05, 3.63) is 42.5 Å². The quantitative estimate of drug-likeness (QED) is 0.507. The summed E-state index contributed by atoms with van der Waals surface area (Å²) >= 11 is 0. The van der Waals surface area contributed by atoms with Gasteiger partial charge in [-0.2, -0.15) is 0 Å². The molecule has 0 atom stereocenters. The molecule has 0 radical (unpaired) electrons. The Kier molecular flexibility index (Phi) is 6.63. The van der Waals surface area contributed by atoms with Gasteiger partial charge in [0.05, 0.1) is 22.3 Å². The van der Waals surface area contributed by atoms with Crippen molar-refractivity contribution in [3.63, 3.8) is 0 Å². The molecule has 3 rings (SSSR count). The largest absolute Gasteiger partial charge is 0.457 e. The Hall–Kier alpha value is -3.05. The number of hydrogen-bond donors (Lipinski definition) is 1. The predicted octanol–water partition coefficient (Wildman–Crippen LogP) is 1.64. The number of benzene rings is 1. The van der Waals surface area contributed by atoms with E-state index in [-0.39, 0.29) is 23.9 Å². The molecule has 1 aromatic carbocycles. The van der Waals surface area contributed by atoms with Crippen LogP contribution in [0.1, 0.15) is 19.2 Å². The van der Waals surface area contributed by atoms with Crippen LogP contribution in [-0.2, 0) is 32.7 Å². The minimum atomic E-state index is -3.56. The van der Waals surface area contributed by atoms with Gasteiger partial charge in [-0.05, 0) is 31.2 Å². The van der Waals surface area contributed by atoms with Crippen LogP contribution in [0.5, 0.6) is 0 Å². The lowest BCUT2D eigenvalue weighted by Gasteiger charge is -2.11. The first-order valence-electron chi connectivity index (χ1n) is 9.41. The molecule has 3 aromatic rings. The van der Waals surface area contributed by atoms with Crippen molar-refractivity contribution in [2.45, 2.75) is 31.4 Å². The third-order valence-electron chi connectivity index (χ3n) is 4.43. The normalized spacial score (nSPS) is 11.7. The molecule has 1 N–H and O–H groups in total. The first kappa shape index (κ1) is 21.7. The summed E-state index contributed by atoms with van der Waals surface area (Å²) in [4.78, 5) is 24.7. The van der Waals surface area contributed by atoms with Gasteiger partial charge in [-0.15, -0.1) is 0 Å². The van der Waals surface area contributed by atoms with E-state index in [1.54, 1.807) is 30.6 Å². The fourth-order valence-electron chi connectivity index (χ4n) is 2.88. The van der Waals surface area contributed by atoms with E-state index in [9.17, 15) is 13.2 Å². The number of nitrogens with zero attached hydrogens (tertiary/aromatic N) is 5. The molecule has 11 heteroatoms. The average molecular weight is 433 g/mol. The van der Waals surface area contributed by atoms with Crippen LogP contribution in [0.15, 0.2) is 41.6 Å². The minimum absolute atomic E-state index is 0.00104. The Balaban J connectivity index is 1.67. The lowest BCUT2D eigenvalue weighted by atomic mass is 10.3. The summed E-state index contributed by atoms with van der Waals surface area (Å²) in [5.74, 6) is 0.616. The fourth-order valence-corrected chi connectivity index (χ4v) is 3.80. The standard InChI is InChI=1S/C19H24N6O4S/c1-4-25-16-7-6-14(30(27,28)24(2)3)12-15(16)23-17(25)13-29-18(26)8-11-22-19-20-9-5-10-21-19/h5-7,9-10,12H,4,8,11,13H2,1-3H3,(H,20,21,22). The number of esters is 1.